The zero-order valence-electron chi connectivity index (χ0n) is 9.02. The fraction of sp³-hybridized carbons (Fsp3) is 1.00. The van der Waals surface area contributed by atoms with Crippen LogP contribution >= 0.6 is 0 Å². The maximum absolute atomic E-state index is 11.9. The molecule has 14 heavy (non-hydrogen) atoms. The second-order valence-electron chi connectivity index (χ2n) is 3.58. The van der Waals surface area contributed by atoms with Crippen molar-refractivity contribution < 1.29 is 8.42 Å². The van der Waals surface area contributed by atoms with Gasteiger partial charge >= 0.3 is 0 Å². The Morgan fingerprint density at radius 3 is 2.50 bits per heavy atom. The van der Waals surface area contributed by atoms with Crippen LogP contribution in [0.15, 0.2) is 0 Å². The van der Waals surface area contributed by atoms with Crippen molar-refractivity contribution in [3.8, 4) is 0 Å². The third-order valence-corrected chi connectivity index (χ3v) is 4.82. The second kappa shape index (κ2) is 4.57. The molecule has 0 amide bonds. The maximum Gasteiger partial charge on any atom is 0.281 e. The zero-order valence-corrected chi connectivity index (χ0v) is 9.84. The van der Waals surface area contributed by atoms with Gasteiger partial charge in [0.15, 0.2) is 0 Å². The van der Waals surface area contributed by atoms with E-state index in [2.05, 4.69) is 5.32 Å². The van der Waals surface area contributed by atoms with Crippen LogP contribution in [-0.4, -0.2) is 56.8 Å². The molecule has 0 aromatic carbocycles. The van der Waals surface area contributed by atoms with Gasteiger partial charge in [-0.1, -0.05) is 6.92 Å². The summed E-state index contributed by atoms with van der Waals surface area (Å²) in [7, 11) is 0.0115. The Kier molecular flexibility index (Phi) is 3.88. The van der Waals surface area contributed by atoms with Crippen molar-refractivity contribution in [2.75, 3.05) is 33.7 Å². The normalized spacial score (nSPS) is 23.6. The highest BCUT2D eigenvalue weighted by Gasteiger charge is 2.30. The average molecular weight is 221 g/mol. The molecule has 1 atom stereocenters. The molecule has 0 saturated carbocycles. The molecule has 6 heteroatoms. The van der Waals surface area contributed by atoms with Gasteiger partial charge in [0.2, 0.25) is 0 Å². The van der Waals surface area contributed by atoms with E-state index in [0.29, 0.717) is 6.54 Å². The lowest BCUT2D eigenvalue weighted by Gasteiger charge is -2.27. The van der Waals surface area contributed by atoms with E-state index in [-0.39, 0.29) is 6.04 Å². The van der Waals surface area contributed by atoms with E-state index in [4.69, 9.17) is 0 Å². The van der Waals surface area contributed by atoms with Gasteiger partial charge in [-0.25, -0.2) is 0 Å². The van der Waals surface area contributed by atoms with Crippen LogP contribution in [0.3, 0.4) is 0 Å². The van der Waals surface area contributed by atoms with Gasteiger partial charge in [-0.05, 0) is 13.0 Å². The van der Waals surface area contributed by atoms with E-state index < -0.39 is 10.2 Å². The lowest BCUT2D eigenvalue weighted by molar-refractivity contribution is 0.348. The Balaban J connectivity index is 2.71. The largest absolute Gasteiger partial charge is 0.315 e. The lowest BCUT2D eigenvalue weighted by atomic mass is 10.3. The van der Waals surface area contributed by atoms with E-state index in [0.717, 1.165) is 19.5 Å². The second-order valence-corrected chi connectivity index (χ2v) is 5.68. The van der Waals surface area contributed by atoms with Gasteiger partial charge in [-0.3, -0.25) is 0 Å². The van der Waals surface area contributed by atoms with Crippen LogP contribution in [0.5, 0.6) is 0 Å². The highest BCUT2D eigenvalue weighted by Crippen LogP contribution is 2.13. The predicted molar refractivity (Wildman–Crippen MR) is 56.3 cm³/mol. The Morgan fingerprint density at radius 1 is 1.43 bits per heavy atom. The van der Waals surface area contributed by atoms with Crippen molar-refractivity contribution in [3.63, 3.8) is 0 Å². The summed E-state index contributed by atoms with van der Waals surface area (Å²) in [5.41, 5.74) is 0. The molecular formula is C8H19N3O2S. The maximum atomic E-state index is 11.9. The molecule has 1 aliphatic heterocycles. The van der Waals surface area contributed by atoms with Crippen molar-refractivity contribution >= 4 is 10.2 Å². The van der Waals surface area contributed by atoms with Gasteiger partial charge < -0.3 is 5.32 Å². The van der Waals surface area contributed by atoms with Crippen molar-refractivity contribution in [3.05, 3.63) is 0 Å². The average Bonchev–Trinajstić information content (AvgIpc) is 2.67. The van der Waals surface area contributed by atoms with E-state index in [1.807, 2.05) is 6.92 Å². The molecule has 0 aliphatic carbocycles. The summed E-state index contributed by atoms with van der Waals surface area (Å²) >= 11 is 0. The van der Waals surface area contributed by atoms with Crippen molar-refractivity contribution in [2.24, 2.45) is 0 Å². The SMILES string of the molecule is CCN(C)S(=O)(=O)N(C)C1CCNC1. The molecule has 1 N–H and O–H groups in total. The highest BCUT2D eigenvalue weighted by molar-refractivity contribution is 7.86. The summed E-state index contributed by atoms with van der Waals surface area (Å²) in [6, 6.07) is 0.106. The summed E-state index contributed by atoms with van der Waals surface area (Å²) in [5.74, 6) is 0. The van der Waals surface area contributed by atoms with Gasteiger partial charge in [0.05, 0.1) is 0 Å². The van der Waals surface area contributed by atoms with Gasteiger partial charge in [0.25, 0.3) is 10.2 Å². The number of nitrogens with zero attached hydrogens (tertiary/aromatic N) is 2. The highest BCUT2D eigenvalue weighted by atomic mass is 32.2. The summed E-state index contributed by atoms with van der Waals surface area (Å²) in [6.45, 7) is 4.00. The monoisotopic (exact) mass is 221 g/mol. The Hall–Kier alpha value is -0.170. The molecule has 1 unspecified atom stereocenters. The molecule has 1 aliphatic rings. The van der Waals surface area contributed by atoms with E-state index in [9.17, 15) is 8.42 Å². The summed E-state index contributed by atoms with van der Waals surface area (Å²) in [6.07, 6.45) is 0.896. The van der Waals surface area contributed by atoms with Gasteiger partial charge in [-0.15, -0.1) is 0 Å². The zero-order chi connectivity index (χ0) is 10.8. The smallest absolute Gasteiger partial charge is 0.281 e. The molecular weight excluding hydrogens is 202 g/mol. The molecule has 0 aromatic heterocycles. The van der Waals surface area contributed by atoms with Crippen LogP contribution < -0.4 is 5.32 Å². The Labute approximate surface area is 86.3 Å². The molecule has 0 aromatic rings. The standard InChI is InChI=1S/C8H19N3O2S/c1-4-10(2)14(12,13)11(3)8-5-6-9-7-8/h8-9H,4-7H2,1-3H3. The summed E-state index contributed by atoms with van der Waals surface area (Å²) in [5, 5.41) is 3.16. The number of hydrogen-bond donors (Lipinski definition) is 1. The quantitative estimate of drug-likeness (QED) is 0.695. The molecule has 1 saturated heterocycles. The van der Waals surface area contributed by atoms with Crippen molar-refractivity contribution in [1.29, 1.82) is 0 Å². The van der Waals surface area contributed by atoms with Gasteiger partial charge in [-0.2, -0.15) is 17.0 Å². The number of likely N-dealkylation sites (N-methyl/N-ethyl adjacent to an activating group) is 1. The van der Waals surface area contributed by atoms with Crippen LogP contribution in [0, 0.1) is 0 Å². The molecule has 1 rings (SSSR count). The first-order valence-corrected chi connectivity index (χ1v) is 6.30. The molecule has 0 spiro atoms. The van der Waals surface area contributed by atoms with E-state index in [1.54, 1.807) is 14.1 Å². The molecule has 1 fully saturated rings. The molecule has 5 nitrogen and oxygen atoms in total. The van der Waals surface area contributed by atoms with Crippen LogP contribution in [0.25, 0.3) is 0 Å². The van der Waals surface area contributed by atoms with Crippen LogP contribution in [0.1, 0.15) is 13.3 Å². The first kappa shape index (κ1) is 11.9. The minimum atomic E-state index is -3.25. The van der Waals surface area contributed by atoms with Crippen molar-refractivity contribution in [2.45, 2.75) is 19.4 Å². The molecule has 84 valence electrons. The summed E-state index contributed by atoms with van der Waals surface area (Å²) < 4.78 is 26.6. The third kappa shape index (κ3) is 2.25. The van der Waals surface area contributed by atoms with Crippen LogP contribution in [0.2, 0.25) is 0 Å². The Bertz CT molecular complexity index is 272. The van der Waals surface area contributed by atoms with Crippen molar-refractivity contribution in [1.82, 2.24) is 13.9 Å². The Morgan fingerprint density at radius 2 is 2.07 bits per heavy atom. The molecule has 1 heterocycles. The third-order valence-electron chi connectivity index (χ3n) is 2.75. The minimum Gasteiger partial charge on any atom is -0.315 e. The minimum absolute atomic E-state index is 0.106. The lowest BCUT2D eigenvalue weighted by Crippen LogP contribution is -2.45. The van der Waals surface area contributed by atoms with E-state index >= 15 is 0 Å². The van der Waals surface area contributed by atoms with Crippen LogP contribution in [-0.2, 0) is 10.2 Å². The van der Waals surface area contributed by atoms with Gasteiger partial charge in [0, 0.05) is 33.2 Å². The topological polar surface area (TPSA) is 52.7 Å². The number of nitrogens with one attached hydrogen (secondary N) is 1. The van der Waals surface area contributed by atoms with Crippen LogP contribution in [0.4, 0.5) is 0 Å². The fourth-order valence-electron chi connectivity index (χ4n) is 1.52. The number of hydrogen-bond acceptors (Lipinski definition) is 3. The number of rotatable bonds is 4. The van der Waals surface area contributed by atoms with Gasteiger partial charge in [0.1, 0.15) is 0 Å². The predicted octanol–water partition coefficient (Wildman–Crippen LogP) is -0.523. The fourth-order valence-corrected chi connectivity index (χ4v) is 2.84. The molecule has 0 bridgehead atoms. The first-order chi connectivity index (χ1) is 6.50. The molecule has 0 radical (unpaired) electrons. The van der Waals surface area contributed by atoms with E-state index in [1.165, 1.54) is 8.61 Å². The first-order valence-electron chi connectivity index (χ1n) is 4.90. The summed E-state index contributed by atoms with van der Waals surface area (Å²) in [4.78, 5) is 0.